The summed E-state index contributed by atoms with van der Waals surface area (Å²) in [5, 5.41) is 1.62. The van der Waals surface area contributed by atoms with Gasteiger partial charge in [-0.05, 0) is 56.5 Å². The highest BCUT2D eigenvalue weighted by atomic mass is 16.8. The van der Waals surface area contributed by atoms with Gasteiger partial charge in [-0.15, -0.1) is 0 Å². The molecular weight excluding hydrogens is 438 g/mol. The molecule has 0 aliphatic carbocycles. The predicted molar refractivity (Wildman–Crippen MR) is 124 cm³/mol. The molecule has 0 N–H and O–H groups in total. The summed E-state index contributed by atoms with van der Waals surface area (Å²) in [6.07, 6.45) is 0.227. The molecule has 0 unspecified atom stereocenters. The number of hydrogen-bond donors (Lipinski definition) is 0. The lowest BCUT2D eigenvalue weighted by atomic mass is 9.70. The highest BCUT2D eigenvalue weighted by Gasteiger charge is 2.62. The average molecular weight is 470 g/mol. The standard InChI is InChI=1S/C26H31NO7/c1-4-31-24(28)26(25(29)32-5-2)17-19-15-16-33-23(19)34-27(20-9-7-6-8-10-20)22(26)18-11-13-21(30-3)14-12-18/h6-14,19,22-23H,4-5,15-17H2,1-3H3/t19-,22+,23+/m0/s1. The van der Waals surface area contributed by atoms with Crippen molar-refractivity contribution in [2.75, 3.05) is 32.0 Å². The van der Waals surface area contributed by atoms with E-state index in [1.807, 2.05) is 42.5 Å². The number of ether oxygens (including phenoxy) is 4. The molecular formula is C26H31NO7. The summed E-state index contributed by atoms with van der Waals surface area (Å²) in [5.74, 6) is -0.802. The van der Waals surface area contributed by atoms with Gasteiger partial charge in [0.05, 0.1) is 32.6 Å². The van der Waals surface area contributed by atoms with Crippen LogP contribution >= 0.6 is 0 Å². The molecule has 0 saturated carbocycles. The number of hydroxylamine groups is 1. The van der Waals surface area contributed by atoms with Gasteiger partial charge in [0.2, 0.25) is 0 Å². The lowest BCUT2D eigenvalue weighted by Gasteiger charge is -2.41. The third kappa shape index (κ3) is 4.35. The van der Waals surface area contributed by atoms with E-state index >= 15 is 0 Å². The maximum atomic E-state index is 13.8. The fraction of sp³-hybridized carbons (Fsp3) is 0.462. The van der Waals surface area contributed by atoms with E-state index < -0.39 is 29.7 Å². The Morgan fingerprint density at radius 3 is 2.24 bits per heavy atom. The summed E-state index contributed by atoms with van der Waals surface area (Å²) < 4.78 is 22.3. The summed E-state index contributed by atoms with van der Waals surface area (Å²) in [7, 11) is 1.58. The van der Waals surface area contributed by atoms with Crippen LogP contribution < -0.4 is 9.80 Å². The summed E-state index contributed by atoms with van der Waals surface area (Å²) in [5.41, 5.74) is -0.313. The largest absolute Gasteiger partial charge is 0.497 e. The van der Waals surface area contributed by atoms with Gasteiger partial charge in [0.15, 0.2) is 11.7 Å². The van der Waals surface area contributed by atoms with Crippen molar-refractivity contribution in [1.82, 2.24) is 0 Å². The van der Waals surface area contributed by atoms with Gasteiger partial charge in [0, 0.05) is 5.92 Å². The van der Waals surface area contributed by atoms with E-state index in [4.69, 9.17) is 23.8 Å². The van der Waals surface area contributed by atoms with Crippen LogP contribution in [0.1, 0.15) is 38.3 Å². The van der Waals surface area contributed by atoms with Gasteiger partial charge in [0.1, 0.15) is 11.8 Å². The molecule has 8 nitrogen and oxygen atoms in total. The molecule has 2 fully saturated rings. The van der Waals surface area contributed by atoms with Crippen LogP contribution in [0.3, 0.4) is 0 Å². The highest BCUT2D eigenvalue weighted by Crippen LogP contribution is 2.52. The Kier molecular flexibility index (Phi) is 7.38. The second-order valence-electron chi connectivity index (χ2n) is 8.35. The fourth-order valence-corrected chi connectivity index (χ4v) is 4.80. The number of methoxy groups -OCH3 is 1. The minimum absolute atomic E-state index is 0.131. The van der Waals surface area contributed by atoms with Gasteiger partial charge in [-0.3, -0.25) is 9.59 Å². The molecule has 0 bridgehead atoms. The first-order valence-corrected chi connectivity index (χ1v) is 11.7. The van der Waals surface area contributed by atoms with Crippen LogP contribution in [0.15, 0.2) is 54.6 Å². The van der Waals surface area contributed by atoms with E-state index in [0.717, 1.165) is 0 Å². The zero-order valence-corrected chi connectivity index (χ0v) is 19.8. The number of fused-ring (bicyclic) bond motifs is 1. The molecule has 2 aromatic rings. The molecule has 0 amide bonds. The SMILES string of the molecule is CCOC(=O)C1(C(=O)OCC)C[C@@H]2CCO[C@@H]2ON(c2ccccc2)[C@@H]1c1ccc(OC)cc1. The molecule has 0 aromatic heterocycles. The molecule has 182 valence electrons. The van der Waals surface area contributed by atoms with E-state index in [0.29, 0.717) is 30.0 Å². The second-order valence-corrected chi connectivity index (χ2v) is 8.35. The normalized spacial score (nSPS) is 23.5. The zero-order valence-electron chi connectivity index (χ0n) is 19.8. The lowest BCUT2D eigenvalue weighted by Crippen LogP contribution is -2.52. The molecule has 34 heavy (non-hydrogen) atoms. The van der Waals surface area contributed by atoms with E-state index in [-0.39, 0.29) is 25.6 Å². The smallest absolute Gasteiger partial charge is 0.326 e. The van der Waals surface area contributed by atoms with Crippen molar-refractivity contribution in [1.29, 1.82) is 0 Å². The number of rotatable bonds is 7. The molecule has 2 aromatic carbocycles. The zero-order chi connectivity index (χ0) is 24.1. The molecule has 0 radical (unpaired) electrons. The predicted octanol–water partition coefficient (Wildman–Crippen LogP) is 4.05. The van der Waals surface area contributed by atoms with Gasteiger partial charge in [0.25, 0.3) is 0 Å². The van der Waals surface area contributed by atoms with Crippen LogP contribution in [0.2, 0.25) is 0 Å². The minimum atomic E-state index is -1.68. The molecule has 2 aliphatic rings. The van der Waals surface area contributed by atoms with Crippen LogP contribution in [0.25, 0.3) is 0 Å². The van der Waals surface area contributed by atoms with Crippen LogP contribution in [0.5, 0.6) is 5.75 Å². The molecule has 0 spiro atoms. The van der Waals surface area contributed by atoms with E-state index in [1.54, 1.807) is 38.2 Å². The maximum absolute atomic E-state index is 13.8. The first-order chi connectivity index (χ1) is 16.5. The Morgan fingerprint density at radius 2 is 1.65 bits per heavy atom. The summed E-state index contributed by atoms with van der Waals surface area (Å²) in [4.78, 5) is 34.0. The number of hydrogen-bond acceptors (Lipinski definition) is 8. The van der Waals surface area contributed by atoms with Crippen molar-refractivity contribution in [2.45, 2.75) is 39.0 Å². The molecule has 4 rings (SSSR count). The van der Waals surface area contributed by atoms with Gasteiger partial charge in [-0.1, -0.05) is 30.3 Å². The third-order valence-electron chi connectivity index (χ3n) is 6.38. The molecule has 2 aliphatic heterocycles. The molecule has 2 heterocycles. The first kappa shape index (κ1) is 24.0. The van der Waals surface area contributed by atoms with Crippen LogP contribution in [0, 0.1) is 11.3 Å². The topological polar surface area (TPSA) is 83.5 Å². The number of para-hydroxylation sites is 1. The van der Waals surface area contributed by atoms with E-state index in [9.17, 15) is 9.59 Å². The average Bonchev–Trinajstić information content (AvgIpc) is 3.24. The maximum Gasteiger partial charge on any atom is 0.326 e. The minimum Gasteiger partial charge on any atom is -0.497 e. The van der Waals surface area contributed by atoms with E-state index in [2.05, 4.69) is 0 Å². The van der Waals surface area contributed by atoms with E-state index in [1.165, 1.54) is 0 Å². The third-order valence-corrected chi connectivity index (χ3v) is 6.38. The van der Waals surface area contributed by atoms with Crippen molar-refractivity contribution in [2.24, 2.45) is 11.3 Å². The molecule has 3 atom stereocenters. The van der Waals surface area contributed by atoms with Gasteiger partial charge in [-0.2, -0.15) is 0 Å². The number of carbonyl (C=O) groups is 2. The Morgan fingerprint density at radius 1 is 1.00 bits per heavy atom. The Hall–Kier alpha value is -3.10. The number of anilines is 1. The van der Waals surface area contributed by atoms with Crippen molar-refractivity contribution in [3.05, 3.63) is 60.2 Å². The number of carbonyl (C=O) groups excluding carboxylic acids is 2. The first-order valence-electron chi connectivity index (χ1n) is 11.7. The van der Waals surface area contributed by atoms with Gasteiger partial charge in [-0.25, -0.2) is 9.90 Å². The Balaban J connectivity index is 1.97. The van der Waals surface area contributed by atoms with Crippen molar-refractivity contribution in [3.8, 4) is 5.75 Å². The summed E-state index contributed by atoms with van der Waals surface area (Å²) in [6, 6.07) is 15.8. The Bertz CT molecular complexity index is 960. The van der Waals surface area contributed by atoms with Crippen LogP contribution in [0.4, 0.5) is 5.69 Å². The molecule has 8 heteroatoms. The monoisotopic (exact) mass is 469 g/mol. The Labute approximate surface area is 199 Å². The highest BCUT2D eigenvalue weighted by molar-refractivity contribution is 6.02. The van der Waals surface area contributed by atoms with Crippen molar-refractivity contribution >= 4 is 17.6 Å². The fourth-order valence-electron chi connectivity index (χ4n) is 4.80. The lowest BCUT2D eigenvalue weighted by molar-refractivity contribution is -0.176. The van der Waals surface area contributed by atoms with Gasteiger partial charge < -0.3 is 18.9 Å². The number of benzene rings is 2. The van der Waals surface area contributed by atoms with Crippen LogP contribution in [-0.2, 0) is 28.6 Å². The summed E-state index contributed by atoms with van der Waals surface area (Å²) >= 11 is 0. The molecule has 2 saturated heterocycles. The second kappa shape index (κ2) is 10.4. The van der Waals surface area contributed by atoms with Crippen molar-refractivity contribution in [3.63, 3.8) is 0 Å². The van der Waals surface area contributed by atoms with Crippen molar-refractivity contribution < 1.29 is 33.4 Å². The van der Waals surface area contributed by atoms with Crippen LogP contribution in [-0.4, -0.2) is 45.2 Å². The van der Waals surface area contributed by atoms with Gasteiger partial charge >= 0.3 is 11.9 Å². The summed E-state index contributed by atoms with van der Waals surface area (Å²) in [6.45, 7) is 4.19. The quantitative estimate of drug-likeness (QED) is 0.444. The number of nitrogens with zero attached hydrogens (tertiary/aromatic N) is 1. The number of esters is 2.